The number of pyridine rings is 1. The van der Waals surface area contributed by atoms with Crippen LogP contribution < -0.4 is 5.43 Å². The van der Waals surface area contributed by atoms with Gasteiger partial charge in [0.05, 0.1) is 10.4 Å². The first-order valence-corrected chi connectivity index (χ1v) is 12.6. The van der Waals surface area contributed by atoms with Crippen LogP contribution in [0, 0.1) is 11.8 Å². The van der Waals surface area contributed by atoms with Crippen molar-refractivity contribution in [2.75, 3.05) is 26.2 Å². The van der Waals surface area contributed by atoms with E-state index in [4.69, 9.17) is 0 Å². The zero-order chi connectivity index (χ0) is 22.3. The van der Waals surface area contributed by atoms with E-state index in [0.29, 0.717) is 50.1 Å². The Bertz CT molecular complexity index is 1160. The molecule has 0 aliphatic carbocycles. The van der Waals surface area contributed by atoms with E-state index in [9.17, 15) is 18.0 Å². The second-order valence-electron chi connectivity index (χ2n) is 9.10. The molecule has 7 nitrogen and oxygen atoms in total. The standard InChI is InChI=1S/C23H31N3O4S/c1-4-24-15-20(23(28)25-9-5-6-10-25)22(27)19-12-18(7-8-21(19)24)31(29,30)26-13-16(2)11-17(3)14-26/h7-8,12,15-17H,4-6,9-11,13-14H2,1-3H3/t16-,17+. The molecule has 3 heterocycles. The number of fused-ring (bicyclic) bond motifs is 1. The maximum absolute atomic E-state index is 13.4. The van der Waals surface area contributed by atoms with Gasteiger partial charge in [0.1, 0.15) is 5.56 Å². The predicted molar refractivity (Wildman–Crippen MR) is 121 cm³/mol. The summed E-state index contributed by atoms with van der Waals surface area (Å²) in [5.74, 6) is 0.320. The van der Waals surface area contributed by atoms with E-state index in [1.165, 1.54) is 10.4 Å². The normalized spacial score (nSPS) is 22.9. The number of aromatic nitrogens is 1. The molecule has 168 valence electrons. The Kier molecular flexibility index (Phi) is 5.96. The number of carbonyl (C=O) groups excluding carboxylic acids is 1. The number of piperidine rings is 1. The monoisotopic (exact) mass is 445 g/mol. The van der Waals surface area contributed by atoms with Gasteiger partial charge in [-0.05, 0) is 56.2 Å². The van der Waals surface area contributed by atoms with Crippen molar-refractivity contribution in [2.24, 2.45) is 11.8 Å². The van der Waals surface area contributed by atoms with E-state index in [2.05, 4.69) is 13.8 Å². The number of carbonyl (C=O) groups is 1. The molecule has 8 heteroatoms. The molecule has 4 rings (SSSR count). The summed E-state index contributed by atoms with van der Waals surface area (Å²) in [6.07, 6.45) is 4.51. The van der Waals surface area contributed by atoms with Crippen molar-refractivity contribution in [1.29, 1.82) is 0 Å². The molecular formula is C23H31N3O4S. The number of benzene rings is 1. The zero-order valence-electron chi connectivity index (χ0n) is 18.5. The lowest BCUT2D eigenvalue weighted by molar-refractivity contribution is 0.0791. The van der Waals surface area contributed by atoms with Gasteiger partial charge in [0.15, 0.2) is 0 Å². The summed E-state index contributed by atoms with van der Waals surface area (Å²) in [5, 5.41) is 0.283. The first-order valence-electron chi connectivity index (χ1n) is 11.2. The molecule has 2 aromatic rings. The lowest BCUT2D eigenvalue weighted by Gasteiger charge is -2.34. The van der Waals surface area contributed by atoms with Gasteiger partial charge in [-0.3, -0.25) is 9.59 Å². The average molecular weight is 446 g/mol. The SMILES string of the molecule is CCn1cc(C(=O)N2CCCC2)c(=O)c2cc(S(=O)(=O)N3C[C@H](C)C[C@H](C)C3)ccc21. The molecule has 0 radical (unpaired) electrons. The van der Waals surface area contributed by atoms with E-state index >= 15 is 0 Å². The lowest BCUT2D eigenvalue weighted by atomic mass is 9.94. The van der Waals surface area contributed by atoms with Crippen LogP contribution in [0.2, 0.25) is 0 Å². The Labute approximate surface area is 183 Å². The minimum absolute atomic E-state index is 0.117. The molecule has 2 aliphatic heterocycles. The predicted octanol–water partition coefficient (Wildman–Crippen LogP) is 2.92. The molecule has 0 N–H and O–H groups in total. The van der Waals surface area contributed by atoms with Gasteiger partial charge in [-0.25, -0.2) is 8.42 Å². The van der Waals surface area contributed by atoms with Crippen LogP contribution in [0.15, 0.2) is 34.1 Å². The fourth-order valence-corrected chi connectivity index (χ4v) is 6.70. The van der Waals surface area contributed by atoms with E-state index in [0.717, 1.165) is 19.3 Å². The third-order valence-electron chi connectivity index (χ3n) is 6.49. The number of nitrogens with zero attached hydrogens (tertiary/aromatic N) is 3. The number of rotatable bonds is 4. The molecule has 0 saturated carbocycles. The van der Waals surface area contributed by atoms with E-state index in [1.807, 2.05) is 11.5 Å². The summed E-state index contributed by atoms with van der Waals surface area (Å²) < 4.78 is 30.1. The van der Waals surface area contributed by atoms with Gasteiger partial charge in [0, 0.05) is 44.3 Å². The molecule has 1 aromatic carbocycles. The van der Waals surface area contributed by atoms with Gasteiger partial charge >= 0.3 is 0 Å². The Morgan fingerprint density at radius 2 is 1.74 bits per heavy atom. The Morgan fingerprint density at radius 1 is 1.10 bits per heavy atom. The summed E-state index contributed by atoms with van der Waals surface area (Å²) in [4.78, 5) is 28.1. The minimum Gasteiger partial charge on any atom is -0.347 e. The van der Waals surface area contributed by atoms with E-state index < -0.39 is 15.5 Å². The van der Waals surface area contributed by atoms with Crippen LogP contribution in [0.25, 0.3) is 10.9 Å². The number of amides is 1. The second kappa shape index (κ2) is 8.39. The van der Waals surface area contributed by atoms with Crippen LogP contribution in [-0.2, 0) is 16.6 Å². The molecule has 31 heavy (non-hydrogen) atoms. The number of hydrogen-bond acceptors (Lipinski definition) is 4. The molecule has 2 atom stereocenters. The van der Waals surface area contributed by atoms with Crippen LogP contribution in [0.4, 0.5) is 0 Å². The molecule has 2 fully saturated rings. The molecule has 2 aliphatic rings. The Morgan fingerprint density at radius 3 is 2.35 bits per heavy atom. The highest BCUT2D eigenvalue weighted by Gasteiger charge is 2.32. The molecule has 0 spiro atoms. The molecular weight excluding hydrogens is 414 g/mol. The van der Waals surface area contributed by atoms with E-state index in [-0.39, 0.29) is 21.8 Å². The molecule has 1 amide bonds. The largest absolute Gasteiger partial charge is 0.347 e. The summed E-state index contributed by atoms with van der Waals surface area (Å²) in [6.45, 7) is 8.92. The van der Waals surface area contributed by atoms with Crippen molar-refractivity contribution in [3.8, 4) is 0 Å². The maximum Gasteiger partial charge on any atom is 0.259 e. The fourth-order valence-electron chi connectivity index (χ4n) is 4.99. The quantitative estimate of drug-likeness (QED) is 0.725. The van der Waals surface area contributed by atoms with Crippen molar-refractivity contribution in [3.05, 3.63) is 40.2 Å². The fraction of sp³-hybridized carbons (Fsp3) is 0.565. The van der Waals surface area contributed by atoms with Crippen LogP contribution in [0.3, 0.4) is 0 Å². The van der Waals surface area contributed by atoms with Crippen molar-refractivity contribution in [3.63, 3.8) is 0 Å². The van der Waals surface area contributed by atoms with Crippen molar-refractivity contribution in [1.82, 2.24) is 13.8 Å². The number of hydrogen-bond donors (Lipinski definition) is 0. The first kappa shape index (κ1) is 22.0. The Balaban J connectivity index is 1.81. The van der Waals surface area contributed by atoms with Gasteiger partial charge in [-0.2, -0.15) is 4.31 Å². The third-order valence-corrected chi connectivity index (χ3v) is 8.32. The number of sulfonamides is 1. The van der Waals surface area contributed by atoms with E-state index in [1.54, 1.807) is 23.2 Å². The maximum atomic E-state index is 13.4. The summed E-state index contributed by atoms with van der Waals surface area (Å²) in [6, 6.07) is 4.73. The van der Waals surface area contributed by atoms with Crippen molar-refractivity contribution < 1.29 is 13.2 Å². The molecule has 0 bridgehead atoms. The smallest absolute Gasteiger partial charge is 0.259 e. The third kappa shape index (κ3) is 4.03. The van der Waals surface area contributed by atoms with Crippen LogP contribution >= 0.6 is 0 Å². The highest BCUT2D eigenvalue weighted by atomic mass is 32.2. The van der Waals surface area contributed by atoms with Crippen molar-refractivity contribution >= 4 is 26.8 Å². The van der Waals surface area contributed by atoms with Crippen LogP contribution in [0.5, 0.6) is 0 Å². The first-order chi connectivity index (χ1) is 14.7. The molecule has 1 aromatic heterocycles. The van der Waals surface area contributed by atoms with Crippen LogP contribution in [0.1, 0.15) is 50.4 Å². The topological polar surface area (TPSA) is 79.7 Å². The zero-order valence-corrected chi connectivity index (χ0v) is 19.3. The van der Waals surface area contributed by atoms with Gasteiger partial charge < -0.3 is 9.47 Å². The van der Waals surface area contributed by atoms with Gasteiger partial charge in [-0.15, -0.1) is 0 Å². The number of aryl methyl sites for hydroxylation is 1. The summed E-state index contributed by atoms with van der Waals surface area (Å²) in [5.41, 5.74) is 0.366. The Hall–Kier alpha value is -2.19. The van der Waals surface area contributed by atoms with Gasteiger partial charge in [0.2, 0.25) is 15.5 Å². The number of likely N-dealkylation sites (tertiary alicyclic amines) is 1. The summed E-state index contributed by atoms with van der Waals surface area (Å²) >= 11 is 0. The minimum atomic E-state index is -3.71. The van der Waals surface area contributed by atoms with Crippen molar-refractivity contribution in [2.45, 2.75) is 51.5 Å². The summed E-state index contributed by atoms with van der Waals surface area (Å²) in [7, 11) is -3.71. The highest BCUT2D eigenvalue weighted by Crippen LogP contribution is 2.28. The average Bonchev–Trinajstić information content (AvgIpc) is 3.27. The lowest BCUT2D eigenvalue weighted by Crippen LogP contribution is -2.42. The van der Waals surface area contributed by atoms with Gasteiger partial charge in [0.25, 0.3) is 5.91 Å². The second-order valence-corrected chi connectivity index (χ2v) is 11.0. The van der Waals surface area contributed by atoms with Gasteiger partial charge in [-0.1, -0.05) is 13.8 Å². The highest BCUT2D eigenvalue weighted by molar-refractivity contribution is 7.89. The van der Waals surface area contributed by atoms with Crippen LogP contribution in [-0.4, -0.2) is 54.3 Å². The molecule has 0 unspecified atom stereocenters. The molecule has 2 saturated heterocycles.